The first-order chi connectivity index (χ1) is 10.3. The lowest BCUT2D eigenvalue weighted by atomic mass is 10.1. The Morgan fingerprint density at radius 3 is 2.95 bits per heavy atom. The van der Waals surface area contributed by atoms with Crippen LogP contribution >= 0.6 is 0 Å². The number of aliphatic hydroxyl groups is 1. The summed E-state index contributed by atoms with van der Waals surface area (Å²) in [6.45, 7) is 1.96. The molecule has 0 aliphatic carbocycles. The van der Waals surface area contributed by atoms with Crippen molar-refractivity contribution in [3.63, 3.8) is 0 Å². The van der Waals surface area contributed by atoms with Gasteiger partial charge in [0.05, 0.1) is 5.52 Å². The summed E-state index contributed by atoms with van der Waals surface area (Å²) in [6.07, 6.45) is 3.69. The number of aromatic nitrogens is 2. The zero-order chi connectivity index (χ0) is 14.7. The van der Waals surface area contributed by atoms with Gasteiger partial charge in [0.25, 0.3) is 0 Å². The Labute approximate surface area is 125 Å². The van der Waals surface area contributed by atoms with Crippen molar-refractivity contribution in [1.82, 2.24) is 14.9 Å². The predicted molar refractivity (Wildman–Crippen MR) is 84.2 cm³/mol. The van der Waals surface area contributed by atoms with Crippen LogP contribution in [0.3, 0.4) is 0 Å². The molecule has 1 aromatic carbocycles. The molecule has 1 atom stereocenters. The van der Waals surface area contributed by atoms with Crippen molar-refractivity contribution in [3.8, 4) is 0 Å². The average molecular weight is 286 g/mol. The van der Waals surface area contributed by atoms with Crippen LogP contribution in [-0.4, -0.2) is 46.2 Å². The fraction of sp³-hybridized carbons (Fsp3) is 0.500. The minimum Gasteiger partial charge on any atom is -0.388 e. The summed E-state index contributed by atoms with van der Waals surface area (Å²) >= 11 is 0. The van der Waals surface area contributed by atoms with E-state index in [2.05, 4.69) is 27.2 Å². The molecule has 21 heavy (non-hydrogen) atoms. The molecule has 1 fully saturated rings. The van der Waals surface area contributed by atoms with E-state index in [1.807, 2.05) is 24.3 Å². The lowest BCUT2D eigenvalue weighted by molar-refractivity contribution is 0.272. The van der Waals surface area contributed by atoms with Crippen LogP contribution in [0.2, 0.25) is 0 Å². The van der Waals surface area contributed by atoms with Crippen molar-refractivity contribution in [3.05, 3.63) is 30.1 Å². The molecule has 1 aliphatic heterocycles. The van der Waals surface area contributed by atoms with E-state index >= 15 is 0 Å². The summed E-state index contributed by atoms with van der Waals surface area (Å²) in [7, 11) is 2.20. The molecule has 1 aliphatic rings. The number of likely N-dealkylation sites (tertiary alicyclic amines) is 1. The highest BCUT2D eigenvalue weighted by molar-refractivity contribution is 5.88. The second-order valence-electron chi connectivity index (χ2n) is 5.66. The van der Waals surface area contributed by atoms with E-state index in [1.165, 1.54) is 19.4 Å². The first kappa shape index (κ1) is 14.2. The molecule has 5 heteroatoms. The summed E-state index contributed by atoms with van der Waals surface area (Å²) in [5.74, 6) is 1.29. The van der Waals surface area contributed by atoms with Crippen LogP contribution in [0.1, 0.15) is 25.1 Å². The summed E-state index contributed by atoms with van der Waals surface area (Å²) in [5, 5.41) is 13.7. The van der Waals surface area contributed by atoms with Gasteiger partial charge in [-0.2, -0.15) is 0 Å². The molecule has 0 saturated carbocycles. The van der Waals surface area contributed by atoms with Gasteiger partial charge in [-0.05, 0) is 45.0 Å². The first-order valence-corrected chi connectivity index (χ1v) is 7.58. The number of hydrogen-bond acceptors (Lipinski definition) is 5. The summed E-state index contributed by atoms with van der Waals surface area (Å²) in [6, 6.07) is 8.57. The topological polar surface area (TPSA) is 61.3 Å². The molecular weight excluding hydrogens is 264 g/mol. The Bertz CT molecular complexity index is 616. The molecule has 2 heterocycles. The van der Waals surface area contributed by atoms with E-state index in [-0.39, 0.29) is 6.61 Å². The van der Waals surface area contributed by atoms with Gasteiger partial charge in [0.2, 0.25) is 0 Å². The van der Waals surface area contributed by atoms with Gasteiger partial charge in [-0.1, -0.05) is 12.1 Å². The Morgan fingerprint density at radius 1 is 1.33 bits per heavy atom. The molecule has 0 unspecified atom stereocenters. The smallest absolute Gasteiger partial charge is 0.156 e. The second kappa shape index (κ2) is 6.37. The van der Waals surface area contributed by atoms with E-state index in [4.69, 9.17) is 0 Å². The fourth-order valence-corrected chi connectivity index (χ4v) is 3.03. The predicted octanol–water partition coefficient (Wildman–Crippen LogP) is 2.02. The molecule has 1 aromatic heterocycles. The lowest BCUT2D eigenvalue weighted by Crippen LogP contribution is -2.27. The maximum absolute atomic E-state index is 9.29. The number of benzene rings is 1. The van der Waals surface area contributed by atoms with Gasteiger partial charge in [-0.3, -0.25) is 0 Å². The van der Waals surface area contributed by atoms with E-state index < -0.39 is 0 Å². The standard InChI is InChI=1S/C16H22N4O/c1-20-10-4-5-12(20)8-9-17-16-13-6-2-3-7-14(13)18-15(11-21)19-16/h2-3,6-7,12,21H,4-5,8-11H2,1H3,(H,17,18,19)/t12-/m1/s1. The third kappa shape index (κ3) is 3.14. The molecule has 2 N–H and O–H groups in total. The highest BCUT2D eigenvalue weighted by Crippen LogP contribution is 2.21. The number of aliphatic hydroxyl groups excluding tert-OH is 1. The second-order valence-corrected chi connectivity index (χ2v) is 5.66. The van der Waals surface area contributed by atoms with E-state index in [0.717, 1.165) is 29.7 Å². The summed E-state index contributed by atoms with van der Waals surface area (Å²) < 4.78 is 0. The first-order valence-electron chi connectivity index (χ1n) is 7.58. The Hall–Kier alpha value is -1.72. The van der Waals surface area contributed by atoms with Gasteiger partial charge >= 0.3 is 0 Å². The van der Waals surface area contributed by atoms with Crippen molar-refractivity contribution < 1.29 is 5.11 Å². The number of fused-ring (bicyclic) bond motifs is 1. The highest BCUT2D eigenvalue weighted by Gasteiger charge is 2.20. The normalized spacial score (nSPS) is 19.2. The number of nitrogens with one attached hydrogen (secondary N) is 1. The van der Waals surface area contributed by atoms with Gasteiger partial charge in [-0.25, -0.2) is 9.97 Å². The molecule has 0 bridgehead atoms. The molecule has 0 amide bonds. The number of rotatable bonds is 5. The Kier molecular flexibility index (Phi) is 4.31. The number of anilines is 1. The van der Waals surface area contributed by atoms with E-state index in [9.17, 15) is 5.11 Å². The van der Waals surface area contributed by atoms with Gasteiger partial charge < -0.3 is 15.3 Å². The van der Waals surface area contributed by atoms with Crippen LogP contribution in [0.15, 0.2) is 24.3 Å². The zero-order valence-corrected chi connectivity index (χ0v) is 12.4. The molecular formula is C16H22N4O. The largest absolute Gasteiger partial charge is 0.388 e. The Morgan fingerprint density at radius 2 is 2.19 bits per heavy atom. The molecule has 3 rings (SSSR count). The van der Waals surface area contributed by atoms with Gasteiger partial charge in [0, 0.05) is 18.0 Å². The van der Waals surface area contributed by atoms with Crippen LogP contribution in [0.25, 0.3) is 10.9 Å². The summed E-state index contributed by atoms with van der Waals surface area (Å²) in [5.41, 5.74) is 0.872. The van der Waals surface area contributed by atoms with Gasteiger partial charge in [0.15, 0.2) is 5.82 Å². The zero-order valence-electron chi connectivity index (χ0n) is 12.4. The number of hydrogen-bond donors (Lipinski definition) is 2. The van der Waals surface area contributed by atoms with Crippen LogP contribution in [0.4, 0.5) is 5.82 Å². The lowest BCUT2D eigenvalue weighted by Gasteiger charge is -2.19. The number of para-hydroxylation sites is 1. The molecule has 0 spiro atoms. The molecule has 5 nitrogen and oxygen atoms in total. The minimum absolute atomic E-state index is 0.134. The molecule has 112 valence electrons. The van der Waals surface area contributed by atoms with Crippen molar-refractivity contribution in [2.45, 2.75) is 31.9 Å². The van der Waals surface area contributed by atoms with Crippen molar-refractivity contribution >= 4 is 16.7 Å². The van der Waals surface area contributed by atoms with Gasteiger partial charge in [-0.15, -0.1) is 0 Å². The maximum Gasteiger partial charge on any atom is 0.156 e. The van der Waals surface area contributed by atoms with Crippen molar-refractivity contribution in [1.29, 1.82) is 0 Å². The molecule has 2 aromatic rings. The maximum atomic E-state index is 9.29. The average Bonchev–Trinajstić information content (AvgIpc) is 2.92. The van der Waals surface area contributed by atoms with Crippen LogP contribution in [0.5, 0.6) is 0 Å². The Balaban J connectivity index is 1.73. The number of nitrogens with zero attached hydrogens (tertiary/aromatic N) is 3. The van der Waals surface area contributed by atoms with Crippen LogP contribution in [0, 0.1) is 0 Å². The highest BCUT2D eigenvalue weighted by atomic mass is 16.3. The summed E-state index contributed by atoms with van der Waals surface area (Å²) in [4.78, 5) is 11.2. The minimum atomic E-state index is -0.134. The van der Waals surface area contributed by atoms with Crippen LogP contribution < -0.4 is 5.32 Å². The van der Waals surface area contributed by atoms with E-state index in [0.29, 0.717) is 11.9 Å². The van der Waals surface area contributed by atoms with Crippen molar-refractivity contribution in [2.75, 3.05) is 25.5 Å². The molecule has 1 saturated heterocycles. The van der Waals surface area contributed by atoms with Crippen LogP contribution in [-0.2, 0) is 6.61 Å². The van der Waals surface area contributed by atoms with Gasteiger partial charge in [0.1, 0.15) is 12.4 Å². The SMILES string of the molecule is CN1CCC[C@@H]1CCNc1nc(CO)nc2ccccc12. The molecule has 0 radical (unpaired) electrons. The fourth-order valence-electron chi connectivity index (χ4n) is 3.03. The van der Waals surface area contributed by atoms with Crippen molar-refractivity contribution in [2.24, 2.45) is 0 Å². The monoisotopic (exact) mass is 286 g/mol. The third-order valence-corrected chi connectivity index (χ3v) is 4.23. The quantitative estimate of drug-likeness (QED) is 0.880. The third-order valence-electron chi connectivity index (χ3n) is 4.23. The van der Waals surface area contributed by atoms with E-state index in [1.54, 1.807) is 0 Å².